The Balaban J connectivity index is 2.17. The second-order valence-corrected chi connectivity index (χ2v) is 4.90. The van der Waals surface area contributed by atoms with Crippen LogP contribution in [0.2, 0.25) is 0 Å². The average Bonchev–Trinajstić information content (AvgIpc) is 2.31. The molecule has 15 heavy (non-hydrogen) atoms. The van der Waals surface area contributed by atoms with Gasteiger partial charge in [-0.2, -0.15) is 0 Å². The summed E-state index contributed by atoms with van der Waals surface area (Å²) in [5.41, 5.74) is 1.32. The molecular formula is C13H11BrS. The Labute approximate surface area is 103 Å². The predicted octanol–water partition coefficient (Wildman–Crippen LogP) is 4.73. The van der Waals surface area contributed by atoms with Crippen LogP contribution in [-0.2, 0) is 5.33 Å². The lowest BCUT2D eigenvalue weighted by atomic mass is 10.2. The molecule has 2 aromatic rings. The van der Waals surface area contributed by atoms with E-state index in [1.165, 1.54) is 15.4 Å². The van der Waals surface area contributed by atoms with E-state index in [9.17, 15) is 0 Å². The Kier molecular flexibility index (Phi) is 3.87. The summed E-state index contributed by atoms with van der Waals surface area (Å²) in [5.74, 6) is 0. The molecule has 2 heteroatoms. The second kappa shape index (κ2) is 5.38. The summed E-state index contributed by atoms with van der Waals surface area (Å²) < 4.78 is 0. The quantitative estimate of drug-likeness (QED) is 0.732. The lowest BCUT2D eigenvalue weighted by Crippen LogP contribution is -1.78. The highest BCUT2D eigenvalue weighted by molar-refractivity contribution is 9.08. The first-order valence-electron chi connectivity index (χ1n) is 4.76. The van der Waals surface area contributed by atoms with Gasteiger partial charge in [0.2, 0.25) is 0 Å². The fourth-order valence-corrected chi connectivity index (χ4v) is 2.59. The van der Waals surface area contributed by atoms with Gasteiger partial charge in [0, 0.05) is 15.1 Å². The van der Waals surface area contributed by atoms with Crippen molar-refractivity contribution < 1.29 is 0 Å². The van der Waals surface area contributed by atoms with Crippen LogP contribution in [0.25, 0.3) is 0 Å². The molecule has 0 N–H and O–H groups in total. The number of hydrogen-bond acceptors (Lipinski definition) is 1. The minimum absolute atomic E-state index is 0.913. The molecule has 0 aromatic heterocycles. The Morgan fingerprint density at radius 3 is 2.33 bits per heavy atom. The zero-order valence-electron chi connectivity index (χ0n) is 8.19. The van der Waals surface area contributed by atoms with Crippen molar-refractivity contribution in [2.75, 3.05) is 0 Å². The molecule has 0 aliphatic carbocycles. The Bertz CT molecular complexity index is 426. The molecule has 0 saturated carbocycles. The summed E-state index contributed by atoms with van der Waals surface area (Å²) in [5, 5.41) is 0.913. The number of alkyl halides is 1. The Hall–Kier alpha value is -0.730. The predicted molar refractivity (Wildman–Crippen MR) is 69.6 cm³/mol. The maximum atomic E-state index is 3.47. The number of rotatable bonds is 3. The van der Waals surface area contributed by atoms with Crippen LogP contribution >= 0.6 is 27.7 Å². The summed E-state index contributed by atoms with van der Waals surface area (Å²) in [7, 11) is 0. The van der Waals surface area contributed by atoms with E-state index < -0.39 is 0 Å². The molecule has 0 radical (unpaired) electrons. The van der Waals surface area contributed by atoms with Crippen molar-refractivity contribution in [3.8, 4) is 0 Å². The van der Waals surface area contributed by atoms with Crippen LogP contribution in [0.4, 0.5) is 0 Å². The lowest BCUT2D eigenvalue weighted by molar-refractivity contribution is 1.33. The minimum Gasteiger partial charge on any atom is -0.0901 e. The molecule has 0 aliphatic heterocycles. The van der Waals surface area contributed by atoms with E-state index in [4.69, 9.17) is 0 Å². The number of hydrogen-bond donors (Lipinski definition) is 0. The van der Waals surface area contributed by atoms with Crippen molar-refractivity contribution in [2.24, 2.45) is 0 Å². The third-order valence-electron chi connectivity index (χ3n) is 2.03. The van der Waals surface area contributed by atoms with Crippen LogP contribution in [0.1, 0.15) is 5.56 Å². The van der Waals surface area contributed by atoms with Crippen molar-refractivity contribution in [1.29, 1.82) is 0 Å². The highest BCUT2D eigenvalue weighted by Gasteiger charge is 1.97. The first-order valence-corrected chi connectivity index (χ1v) is 6.70. The average molecular weight is 279 g/mol. The molecule has 0 amide bonds. The van der Waals surface area contributed by atoms with E-state index in [2.05, 4.69) is 64.5 Å². The summed E-state index contributed by atoms with van der Waals surface area (Å²) >= 11 is 5.26. The van der Waals surface area contributed by atoms with Crippen molar-refractivity contribution >= 4 is 27.7 Å². The monoisotopic (exact) mass is 278 g/mol. The molecular weight excluding hydrogens is 268 g/mol. The summed E-state index contributed by atoms with van der Waals surface area (Å²) in [6, 6.07) is 19.0. The third kappa shape index (κ3) is 3.11. The van der Waals surface area contributed by atoms with E-state index in [0.717, 1.165) is 5.33 Å². The van der Waals surface area contributed by atoms with Gasteiger partial charge in [0.05, 0.1) is 0 Å². The van der Waals surface area contributed by atoms with Gasteiger partial charge < -0.3 is 0 Å². The largest absolute Gasteiger partial charge is 0.0901 e. The Morgan fingerprint density at radius 1 is 0.867 bits per heavy atom. The smallest absolute Gasteiger partial charge is 0.0283 e. The normalized spacial score (nSPS) is 10.2. The maximum Gasteiger partial charge on any atom is 0.0283 e. The molecule has 2 aromatic carbocycles. The molecule has 76 valence electrons. The van der Waals surface area contributed by atoms with Crippen LogP contribution in [0.15, 0.2) is 64.4 Å². The van der Waals surface area contributed by atoms with E-state index in [0.29, 0.717) is 0 Å². The molecule has 0 unspecified atom stereocenters. The minimum atomic E-state index is 0.913. The topological polar surface area (TPSA) is 0 Å². The summed E-state index contributed by atoms with van der Waals surface area (Å²) in [6.45, 7) is 0. The molecule has 0 saturated heterocycles. The zero-order valence-corrected chi connectivity index (χ0v) is 10.6. The molecule has 0 aliphatic rings. The van der Waals surface area contributed by atoms with Crippen LogP contribution < -0.4 is 0 Å². The summed E-state index contributed by atoms with van der Waals surface area (Å²) in [4.78, 5) is 2.57. The first-order chi connectivity index (χ1) is 7.38. The molecule has 0 atom stereocenters. The van der Waals surface area contributed by atoms with E-state index in [-0.39, 0.29) is 0 Å². The van der Waals surface area contributed by atoms with Gasteiger partial charge in [-0.15, -0.1) is 0 Å². The fourth-order valence-electron chi connectivity index (χ4n) is 1.32. The maximum absolute atomic E-state index is 3.47. The van der Waals surface area contributed by atoms with Crippen molar-refractivity contribution in [3.05, 3.63) is 60.2 Å². The van der Waals surface area contributed by atoms with Crippen molar-refractivity contribution in [1.82, 2.24) is 0 Å². The highest BCUT2D eigenvalue weighted by atomic mass is 79.9. The molecule has 0 bridgehead atoms. The van der Waals surface area contributed by atoms with Crippen molar-refractivity contribution in [2.45, 2.75) is 15.1 Å². The van der Waals surface area contributed by atoms with E-state index in [1.54, 1.807) is 11.8 Å². The van der Waals surface area contributed by atoms with Crippen LogP contribution in [0, 0.1) is 0 Å². The summed E-state index contributed by atoms with van der Waals surface area (Å²) in [6.07, 6.45) is 0. The van der Waals surface area contributed by atoms with Gasteiger partial charge in [-0.3, -0.25) is 0 Å². The van der Waals surface area contributed by atoms with E-state index >= 15 is 0 Å². The molecule has 2 rings (SSSR count). The van der Waals surface area contributed by atoms with E-state index in [1.807, 2.05) is 6.07 Å². The van der Waals surface area contributed by atoms with Gasteiger partial charge in [0.25, 0.3) is 0 Å². The zero-order chi connectivity index (χ0) is 10.5. The number of benzene rings is 2. The van der Waals surface area contributed by atoms with Gasteiger partial charge in [-0.05, 0) is 29.8 Å². The van der Waals surface area contributed by atoms with Gasteiger partial charge in [-0.1, -0.05) is 58.0 Å². The molecule has 0 nitrogen and oxygen atoms in total. The Morgan fingerprint density at radius 2 is 1.60 bits per heavy atom. The van der Waals surface area contributed by atoms with Crippen molar-refractivity contribution in [3.63, 3.8) is 0 Å². The fraction of sp³-hybridized carbons (Fsp3) is 0.0769. The SMILES string of the molecule is BrCc1cccc(Sc2ccccc2)c1. The molecule has 0 spiro atoms. The molecule has 0 heterocycles. The van der Waals surface area contributed by atoms with Gasteiger partial charge in [-0.25, -0.2) is 0 Å². The second-order valence-electron chi connectivity index (χ2n) is 3.20. The van der Waals surface area contributed by atoms with Crippen LogP contribution in [0.5, 0.6) is 0 Å². The van der Waals surface area contributed by atoms with Crippen LogP contribution in [0.3, 0.4) is 0 Å². The van der Waals surface area contributed by atoms with Gasteiger partial charge in [0.15, 0.2) is 0 Å². The van der Waals surface area contributed by atoms with Gasteiger partial charge >= 0.3 is 0 Å². The third-order valence-corrected chi connectivity index (χ3v) is 3.68. The number of halogens is 1. The van der Waals surface area contributed by atoms with Crippen LogP contribution in [-0.4, -0.2) is 0 Å². The van der Waals surface area contributed by atoms with Gasteiger partial charge in [0.1, 0.15) is 0 Å². The molecule has 0 fully saturated rings. The standard InChI is InChI=1S/C13H11BrS/c14-10-11-5-4-8-13(9-11)15-12-6-2-1-3-7-12/h1-9H,10H2. The lowest BCUT2D eigenvalue weighted by Gasteiger charge is -2.02. The first kappa shape index (κ1) is 10.8. The highest BCUT2D eigenvalue weighted by Crippen LogP contribution is 2.28.